The summed E-state index contributed by atoms with van der Waals surface area (Å²) >= 11 is 0. The maximum absolute atomic E-state index is 10.7. The van der Waals surface area contributed by atoms with E-state index in [0.717, 1.165) is 23.1 Å². The molecular formula is C16H14O2. The Kier molecular flexibility index (Phi) is 3.58. The molecule has 0 saturated carbocycles. The van der Waals surface area contributed by atoms with E-state index in [1.165, 1.54) is 0 Å². The van der Waals surface area contributed by atoms with Crippen LogP contribution in [-0.2, 0) is 6.42 Å². The van der Waals surface area contributed by atoms with Crippen molar-refractivity contribution >= 4 is 11.5 Å². The predicted molar refractivity (Wildman–Crippen MR) is 72.6 cm³/mol. The highest BCUT2D eigenvalue weighted by Crippen LogP contribution is 2.17. The molecule has 0 aliphatic rings. The quantitative estimate of drug-likeness (QED) is 0.882. The number of benzene rings is 2. The fourth-order valence-corrected chi connectivity index (χ4v) is 1.79. The Morgan fingerprint density at radius 1 is 0.944 bits per heavy atom. The second-order valence-electron chi connectivity index (χ2n) is 4.15. The van der Waals surface area contributed by atoms with Gasteiger partial charge in [0.2, 0.25) is 0 Å². The predicted octanol–water partition coefficient (Wildman–Crippen LogP) is 3.64. The zero-order chi connectivity index (χ0) is 13.0. The van der Waals surface area contributed by atoms with Gasteiger partial charge in [0, 0.05) is 0 Å². The van der Waals surface area contributed by atoms with Gasteiger partial charge < -0.3 is 5.11 Å². The van der Waals surface area contributed by atoms with Crippen LogP contribution in [0.1, 0.15) is 21.5 Å². The van der Waals surface area contributed by atoms with Crippen molar-refractivity contribution in [1.29, 1.82) is 0 Å². The van der Waals surface area contributed by atoms with Gasteiger partial charge in [0.25, 0.3) is 0 Å². The fraction of sp³-hybridized carbons (Fsp3) is 0.0625. The molecule has 2 aromatic carbocycles. The maximum atomic E-state index is 10.7. The molecule has 1 N–H and O–H groups in total. The Balaban J connectivity index is 2.10. The third kappa shape index (κ3) is 2.86. The van der Waals surface area contributed by atoms with E-state index in [9.17, 15) is 4.79 Å². The molecule has 2 rings (SSSR count). The minimum absolute atomic E-state index is 0.309. The first-order valence-electron chi connectivity index (χ1n) is 5.72. The molecule has 0 aliphatic heterocycles. The summed E-state index contributed by atoms with van der Waals surface area (Å²) in [7, 11) is 0. The third-order valence-electron chi connectivity index (χ3n) is 2.80. The molecule has 0 fully saturated rings. The van der Waals surface area contributed by atoms with E-state index in [-0.39, 0.29) is 0 Å². The molecule has 0 aromatic heterocycles. The lowest BCUT2D eigenvalue weighted by Gasteiger charge is -2.06. The average molecular weight is 238 g/mol. The van der Waals surface area contributed by atoms with Gasteiger partial charge in [0.05, 0.1) is 5.56 Å². The summed E-state index contributed by atoms with van der Waals surface area (Å²) in [5.74, 6) is -0.900. The van der Waals surface area contributed by atoms with Gasteiger partial charge in [0.1, 0.15) is 0 Å². The smallest absolute Gasteiger partial charge is 0.335 e. The summed E-state index contributed by atoms with van der Waals surface area (Å²) in [5, 5.41) is 8.82. The van der Waals surface area contributed by atoms with Gasteiger partial charge in [-0.1, -0.05) is 49.0 Å². The van der Waals surface area contributed by atoms with Crippen LogP contribution in [0.4, 0.5) is 0 Å². The standard InChI is InChI=1S/C16H14O2/c1-12(14-5-3-2-4-6-14)11-13-7-9-15(10-8-13)16(17)18/h2-10H,1,11H2,(H,17,18). The van der Waals surface area contributed by atoms with Crippen molar-refractivity contribution in [2.45, 2.75) is 6.42 Å². The first kappa shape index (κ1) is 12.1. The van der Waals surface area contributed by atoms with Crippen molar-refractivity contribution in [3.05, 3.63) is 77.9 Å². The van der Waals surface area contributed by atoms with Crippen molar-refractivity contribution < 1.29 is 9.90 Å². The number of aromatic carboxylic acids is 1. The third-order valence-corrected chi connectivity index (χ3v) is 2.80. The summed E-state index contributed by atoms with van der Waals surface area (Å²) in [6.07, 6.45) is 0.726. The molecular weight excluding hydrogens is 224 g/mol. The number of carboxylic acid groups (broad SMARTS) is 1. The number of rotatable bonds is 4. The summed E-state index contributed by atoms with van der Waals surface area (Å²) in [5.41, 5.74) is 3.51. The Bertz CT molecular complexity index is 553. The normalized spacial score (nSPS) is 10.0. The van der Waals surface area contributed by atoms with E-state index >= 15 is 0 Å². The van der Waals surface area contributed by atoms with Crippen LogP contribution in [0.15, 0.2) is 61.2 Å². The molecule has 0 amide bonds. The molecule has 2 heteroatoms. The SMILES string of the molecule is C=C(Cc1ccc(C(=O)O)cc1)c1ccccc1. The van der Waals surface area contributed by atoms with Crippen LogP contribution < -0.4 is 0 Å². The fourth-order valence-electron chi connectivity index (χ4n) is 1.79. The molecule has 0 aliphatic carbocycles. The van der Waals surface area contributed by atoms with Crippen molar-refractivity contribution in [3.8, 4) is 0 Å². The molecule has 90 valence electrons. The van der Waals surface area contributed by atoms with Gasteiger partial charge in [-0.05, 0) is 35.3 Å². The van der Waals surface area contributed by atoms with Crippen LogP contribution in [0.2, 0.25) is 0 Å². The number of allylic oxidation sites excluding steroid dienone is 1. The Labute approximate surface area is 106 Å². The van der Waals surface area contributed by atoms with Crippen molar-refractivity contribution in [3.63, 3.8) is 0 Å². The maximum Gasteiger partial charge on any atom is 0.335 e. The highest BCUT2D eigenvalue weighted by molar-refractivity contribution is 5.87. The number of carboxylic acids is 1. The molecule has 0 spiro atoms. The van der Waals surface area contributed by atoms with E-state index in [0.29, 0.717) is 5.56 Å². The van der Waals surface area contributed by atoms with Gasteiger partial charge in [-0.2, -0.15) is 0 Å². The van der Waals surface area contributed by atoms with E-state index in [4.69, 9.17) is 5.11 Å². The second-order valence-corrected chi connectivity index (χ2v) is 4.15. The Hall–Kier alpha value is -2.35. The van der Waals surface area contributed by atoms with Crippen molar-refractivity contribution in [2.24, 2.45) is 0 Å². The van der Waals surface area contributed by atoms with Gasteiger partial charge in [-0.3, -0.25) is 0 Å². The van der Waals surface area contributed by atoms with Crippen molar-refractivity contribution in [1.82, 2.24) is 0 Å². The minimum Gasteiger partial charge on any atom is -0.478 e. The van der Waals surface area contributed by atoms with Gasteiger partial charge in [-0.15, -0.1) is 0 Å². The summed E-state index contributed by atoms with van der Waals surface area (Å²) in [6.45, 7) is 4.06. The van der Waals surface area contributed by atoms with Crippen LogP contribution in [-0.4, -0.2) is 11.1 Å². The lowest BCUT2D eigenvalue weighted by molar-refractivity contribution is 0.0697. The molecule has 18 heavy (non-hydrogen) atoms. The van der Waals surface area contributed by atoms with Gasteiger partial charge in [0.15, 0.2) is 0 Å². The molecule has 0 unspecified atom stereocenters. The van der Waals surface area contributed by atoms with Crippen molar-refractivity contribution in [2.75, 3.05) is 0 Å². The average Bonchev–Trinajstić information content (AvgIpc) is 2.40. The Morgan fingerprint density at radius 3 is 2.11 bits per heavy atom. The first-order valence-corrected chi connectivity index (χ1v) is 5.72. The highest BCUT2D eigenvalue weighted by Gasteiger charge is 2.03. The van der Waals surface area contributed by atoms with E-state index in [1.54, 1.807) is 12.1 Å². The molecule has 0 radical (unpaired) electrons. The van der Waals surface area contributed by atoms with Gasteiger partial charge in [-0.25, -0.2) is 4.79 Å². The highest BCUT2D eigenvalue weighted by atomic mass is 16.4. The van der Waals surface area contributed by atoms with Crippen LogP contribution in [0.3, 0.4) is 0 Å². The van der Waals surface area contributed by atoms with E-state index < -0.39 is 5.97 Å². The molecule has 2 aromatic rings. The number of hydrogen-bond acceptors (Lipinski definition) is 1. The van der Waals surface area contributed by atoms with E-state index in [2.05, 4.69) is 6.58 Å². The molecule has 0 bridgehead atoms. The molecule has 0 atom stereocenters. The number of hydrogen-bond donors (Lipinski definition) is 1. The first-order chi connectivity index (χ1) is 8.66. The lowest BCUT2D eigenvalue weighted by atomic mass is 9.99. The summed E-state index contributed by atoms with van der Waals surface area (Å²) in [6, 6.07) is 16.9. The van der Waals surface area contributed by atoms with Crippen LogP contribution in [0.25, 0.3) is 5.57 Å². The zero-order valence-electron chi connectivity index (χ0n) is 9.97. The monoisotopic (exact) mass is 238 g/mol. The number of carbonyl (C=O) groups is 1. The summed E-state index contributed by atoms with van der Waals surface area (Å²) in [4.78, 5) is 10.7. The zero-order valence-corrected chi connectivity index (χ0v) is 9.97. The molecule has 2 nitrogen and oxygen atoms in total. The Morgan fingerprint density at radius 2 is 1.56 bits per heavy atom. The molecule has 0 saturated heterocycles. The molecule has 0 heterocycles. The van der Waals surface area contributed by atoms with Gasteiger partial charge >= 0.3 is 5.97 Å². The topological polar surface area (TPSA) is 37.3 Å². The summed E-state index contributed by atoms with van der Waals surface area (Å²) < 4.78 is 0. The van der Waals surface area contributed by atoms with Crippen LogP contribution in [0.5, 0.6) is 0 Å². The lowest BCUT2D eigenvalue weighted by Crippen LogP contribution is -1.96. The second kappa shape index (κ2) is 5.32. The van der Waals surface area contributed by atoms with E-state index in [1.807, 2.05) is 42.5 Å². The minimum atomic E-state index is -0.900. The largest absolute Gasteiger partial charge is 0.478 e. The van der Waals surface area contributed by atoms with Crippen LogP contribution in [0, 0.1) is 0 Å². The van der Waals surface area contributed by atoms with Crippen LogP contribution >= 0.6 is 0 Å².